The minimum atomic E-state index is -0.0351. The molecule has 2 unspecified atom stereocenters. The van der Waals surface area contributed by atoms with Gasteiger partial charge in [-0.3, -0.25) is 4.98 Å². The van der Waals surface area contributed by atoms with Crippen molar-refractivity contribution in [3.8, 4) is 0 Å². The van der Waals surface area contributed by atoms with Crippen LogP contribution in [0.3, 0.4) is 0 Å². The fraction of sp³-hybridized carbons (Fsp3) is 0.111. The summed E-state index contributed by atoms with van der Waals surface area (Å²) in [6.45, 7) is 0. The van der Waals surface area contributed by atoms with Crippen molar-refractivity contribution in [1.29, 1.82) is 0 Å². The lowest BCUT2D eigenvalue weighted by Gasteiger charge is -2.26. The van der Waals surface area contributed by atoms with E-state index in [0.717, 1.165) is 25.1 Å². The predicted molar refractivity (Wildman–Crippen MR) is 111 cm³/mol. The van der Waals surface area contributed by atoms with Gasteiger partial charge in [0.2, 0.25) is 0 Å². The Morgan fingerprint density at radius 2 is 1.92 bits per heavy atom. The Bertz CT molecular complexity index is 898. The van der Waals surface area contributed by atoms with E-state index in [4.69, 9.17) is 23.8 Å². The summed E-state index contributed by atoms with van der Waals surface area (Å²) >= 11 is 16.9. The third kappa shape index (κ3) is 3.31. The topological polar surface area (TPSA) is 28.2 Å². The van der Waals surface area contributed by atoms with Crippen molar-refractivity contribution in [2.45, 2.75) is 12.1 Å². The number of hydrogen-bond donors (Lipinski definition) is 1. The number of halogens is 2. The van der Waals surface area contributed by atoms with Crippen molar-refractivity contribution in [2.75, 3.05) is 4.90 Å². The van der Waals surface area contributed by atoms with Crippen LogP contribution < -0.4 is 10.2 Å². The molecular formula is C18H13BrClN3S2. The Labute approximate surface area is 168 Å². The van der Waals surface area contributed by atoms with Gasteiger partial charge in [0.1, 0.15) is 0 Å². The van der Waals surface area contributed by atoms with Crippen LogP contribution in [-0.2, 0) is 0 Å². The van der Waals surface area contributed by atoms with Crippen molar-refractivity contribution in [3.63, 3.8) is 0 Å². The molecule has 0 amide bonds. The second-order valence-electron chi connectivity index (χ2n) is 5.61. The van der Waals surface area contributed by atoms with E-state index in [1.807, 2.05) is 36.4 Å². The average Bonchev–Trinajstić information content (AvgIpc) is 3.20. The second kappa shape index (κ2) is 7.03. The van der Waals surface area contributed by atoms with Crippen molar-refractivity contribution in [3.05, 3.63) is 80.2 Å². The lowest BCUT2D eigenvalue weighted by atomic mass is 10.0. The van der Waals surface area contributed by atoms with E-state index in [2.05, 4.69) is 49.3 Å². The molecule has 0 aliphatic carbocycles. The normalized spacial score (nSPS) is 19.9. The highest BCUT2D eigenvalue weighted by molar-refractivity contribution is 9.10. The molecule has 0 radical (unpaired) electrons. The second-order valence-corrected chi connectivity index (χ2v) is 8.66. The Kier molecular flexibility index (Phi) is 4.78. The molecule has 3 heterocycles. The standard InChI is InChI=1S/C18H13BrClN3S2/c19-11-4-6-12(7-5-11)23-17(14-8-9-15(20)25-14)16(22-18(23)24)13-3-1-2-10-21-13/h1-10,16-17H,(H,22,24). The number of thiocarbonyl (C=S) groups is 1. The zero-order chi connectivity index (χ0) is 17.4. The first kappa shape index (κ1) is 17.0. The molecule has 1 N–H and O–H groups in total. The maximum Gasteiger partial charge on any atom is 0.174 e. The van der Waals surface area contributed by atoms with Gasteiger partial charge in [0.15, 0.2) is 5.11 Å². The monoisotopic (exact) mass is 449 g/mol. The average molecular weight is 451 g/mol. The Hall–Kier alpha value is -1.47. The molecule has 1 saturated heterocycles. The van der Waals surface area contributed by atoms with E-state index in [-0.39, 0.29) is 12.1 Å². The highest BCUT2D eigenvalue weighted by atomic mass is 79.9. The van der Waals surface area contributed by atoms with Crippen LogP contribution in [0.4, 0.5) is 5.69 Å². The van der Waals surface area contributed by atoms with Gasteiger partial charge in [-0.05, 0) is 60.7 Å². The van der Waals surface area contributed by atoms with Crippen LogP contribution in [0.1, 0.15) is 22.7 Å². The highest BCUT2D eigenvalue weighted by Crippen LogP contribution is 2.44. The van der Waals surface area contributed by atoms with Gasteiger partial charge in [0.25, 0.3) is 0 Å². The van der Waals surface area contributed by atoms with Crippen molar-refractivity contribution in [1.82, 2.24) is 10.3 Å². The molecule has 1 aliphatic heterocycles. The number of anilines is 1. The Morgan fingerprint density at radius 3 is 2.56 bits per heavy atom. The smallest absolute Gasteiger partial charge is 0.174 e. The van der Waals surface area contributed by atoms with Gasteiger partial charge >= 0.3 is 0 Å². The molecule has 0 saturated carbocycles. The summed E-state index contributed by atoms with van der Waals surface area (Å²) in [4.78, 5) is 7.83. The summed E-state index contributed by atoms with van der Waals surface area (Å²) in [5.41, 5.74) is 1.99. The number of pyridine rings is 1. The van der Waals surface area contributed by atoms with Gasteiger partial charge in [0, 0.05) is 21.2 Å². The number of benzene rings is 1. The number of thiophene rings is 1. The van der Waals surface area contributed by atoms with E-state index in [0.29, 0.717) is 5.11 Å². The molecule has 0 spiro atoms. The SMILES string of the molecule is S=C1NC(c2ccccn2)C(c2ccc(Cl)s2)N1c1ccc(Br)cc1. The summed E-state index contributed by atoms with van der Waals surface area (Å²) in [5.74, 6) is 0. The number of rotatable bonds is 3. The summed E-state index contributed by atoms with van der Waals surface area (Å²) in [7, 11) is 0. The molecule has 4 rings (SSSR count). The maximum atomic E-state index is 6.21. The first-order chi connectivity index (χ1) is 12.1. The zero-order valence-corrected chi connectivity index (χ0v) is 16.9. The van der Waals surface area contributed by atoms with Gasteiger partial charge in [-0.1, -0.05) is 33.6 Å². The number of nitrogens with zero attached hydrogens (tertiary/aromatic N) is 2. The quantitative estimate of drug-likeness (QED) is 0.515. The highest BCUT2D eigenvalue weighted by Gasteiger charge is 2.41. The Balaban J connectivity index is 1.81. The van der Waals surface area contributed by atoms with Gasteiger partial charge in [-0.25, -0.2) is 0 Å². The molecule has 1 fully saturated rings. The van der Waals surface area contributed by atoms with Crippen molar-refractivity contribution in [2.24, 2.45) is 0 Å². The number of hydrogen-bond acceptors (Lipinski definition) is 3. The molecule has 0 bridgehead atoms. The molecule has 2 atom stereocenters. The summed E-state index contributed by atoms with van der Waals surface area (Å²) in [6.07, 6.45) is 1.81. The maximum absolute atomic E-state index is 6.21. The van der Waals surface area contributed by atoms with Gasteiger partial charge < -0.3 is 10.2 Å². The molecule has 126 valence electrons. The minimum absolute atomic E-state index is 0.000996. The fourth-order valence-electron chi connectivity index (χ4n) is 3.01. The third-order valence-electron chi connectivity index (χ3n) is 4.09. The van der Waals surface area contributed by atoms with Crippen LogP contribution in [0, 0.1) is 0 Å². The summed E-state index contributed by atoms with van der Waals surface area (Å²) < 4.78 is 1.80. The van der Waals surface area contributed by atoms with Crippen molar-refractivity contribution >= 4 is 61.9 Å². The van der Waals surface area contributed by atoms with Crippen LogP contribution >= 0.6 is 51.1 Å². The van der Waals surface area contributed by atoms with Gasteiger partial charge in [-0.2, -0.15) is 0 Å². The van der Waals surface area contributed by atoms with E-state index >= 15 is 0 Å². The van der Waals surface area contributed by atoms with Gasteiger partial charge in [-0.15, -0.1) is 11.3 Å². The van der Waals surface area contributed by atoms with Crippen LogP contribution in [0.2, 0.25) is 4.34 Å². The fourth-order valence-corrected chi connectivity index (χ4v) is 4.81. The lowest BCUT2D eigenvalue weighted by Crippen LogP contribution is -2.28. The molecule has 2 aromatic heterocycles. The molecular weight excluding hydrogens is 438 g/mol. The van der Waals surface area contributed by atoms with E-state index < -0.39 is 0 Å². The minimum Gasteiger partial charge on any atom is -0.351 e. The predicted octanol–water partition coefficient (Wildman–Crippen LogP) is 5.74. The Morgan fingerprint density at radius 1 is 1.12 bits per heavy atom. The zero-order valence-electron chi connectivity index (χ0n) is 12.9. The summed E-state index contributed by atoms with van der Waals surface area (Å²) in [5, 5.41) is 4.13. The van der Waals surface area contributed by atoms with E-state index in [1.54, 1.807) is 17.5 Å². The summed E-state index contributed by atoms with van der Waals surface area (Å²) in [6, 6.07) is 18.0. The molecule has 7 heteroatoms. The van der Waals surface area contributed by atoms with Crippen LogP contribution in [0.25, 0.3) is 0 Å². The van der Waals surface area contributed by atoms with E-state index in [1.165, 1.54) is 0 Å². The lowest BCUT2D eigenvalue weighted by molar-refractivity contribution is 0.575. The van der Waals surface area contributed by atoms with Crippen LogP contribution in [0.5, 0.6) is 0 Å². The number of aromatic nitrogens is 1. The van der Waals surface area contributed by atoms with Crippen molar-refractivity contribution < 1.29 is 0 Å². The first-order valence-corrected chi connectivity index (χ1v) is 10.0. The van der Waals surface area contributed by atoms with Gasteiger partial charge in [0.05, 0.1) is 22.1 Å². The first-order valence-electron chi connectivity index (χ1n) is 7.65. The molecule has 1 aliphatic rings. The largest absolute Gasteiger partial charge is 0.351 e. The number of nitrogens with one attached hydrogen (secondary N) is 1. The molecule has 3 aromatic rings. The van der Waals surface area contributed by atoms with Crippen LogP contribution in [0.15, 0.2) is 65.3 Å². The molecule has 25 heavy (non-hydrogen) atoms. The van der Waals surface area contributed by atoms with E-state index in [9.17, 15) is 0 Å². The molecule has 1 aromatic carbocycles. The molecule has 3 nitrogen and oxygen atoms in total. The van der Waals surface area contributed by atoms with Crippen LogP contribution in [-0.4, -0.2) is 10.1 Å². The third-order valence-corrected chi connectivity index (χ3v) is 6.23.